The highest BCUT2D eigenvalue weighted by molar-refractivity contribution is 6.31. The van der Waals surface area contributed by atoms with Crippen LogP contribution in [0.2, 0.25) is 5.02 Å². The number of nitrogens with zero attached hydrogens (tertiary/aromatic N) is 1. The average molecular weight is 228 g/mol. The molecule has 0 bridgehead atoms. The Labute approximate surface area is 92.1 Å². The van der Waals surface area contributed by atoms with E-state index in [-0.39, 0.29) is 6.54 Å². The first-order chi connectivity index (χ1) is 7.04. The van der Waals surface area contributed by atoms with Crippen LogP contribution in [0.4, 0.5) is 4.79 Å². The van der Waals surface area contributed by atoms with Crippen molar-refractivity contribution in [3.05, 3.63) is 34.3 Å². The van der Waals surface area contributed by atoms with Crippen LogP contribution in [0.15, 0.2) is 18.2 Å². The van der Waals surface area contributed by atoms with Gasteiger partial charge in [-0.3, -0.25) is 4.79 Å². The Balaban J connectivity index is 2.87. The van der Waals surface area contributed by atoms with E-state index in [0.29, 0.717) is 22.4 Å². The van der Waals surface area contributed by atoms with Crippen molar-refractivity contribution in [1.29, 1.82) is 0 Å². The summed E-state index contributed by atoms with van der Waals surface area (Å²) in [5.41, 5.74) is 1.15. The van der Waals surface area contributed by atoms with Crippen molar-refractivity contribution in [3.63, 3.8) is 0 Å². The van der Waals surface area contributed by atoms with E-state index < -0.39 is 6.09 Å². The van der Waals surface area contributed by atoms with Crippen LogP contribution >= 0.6 is 11.6 Å². The molecule has 0 heterocycles. The molecule has 0 spiro atoms. The molecule has 80 valence electrons. The molecule has 1 amide bonds. The SMILES string of the molecule is CN(Cc1ccc(C=O)cc1Cl)C(=O)O. The highest BCUT2D eigenvalue weighted by Gasteiger charge is 2.09. The largest absolute Gasteiger partial charge is 0.465 e. The van der Waals surface area contributed by atoms with Gasteiger partial charge < -0.3 is 10.0 Å². The predicted molar refractivity (Wildman–Crippen MR) is 56.3 cm³/mol. The zero-order valence-corrected chi connectivity index (χ0v) is 8.86. The third-order valence-corrected chi connectivity index (χ3v) is 2.30. The van der Waals surface area contributed by atoms with Gasteiger partial charge in [0.1, 0.15) is 6.29 Å². The van der Waals surface area contributed by atoms with Gasteiger partial charge in [-0.1, -0.05) is 23.7 Å². The van der Waals surface area contributed by atoms with Crippen molar-refractivity contribution in [1.82, 2.24) is 4.90 Å². The van der Waals surface area contributed by atoms with Gasteiger partial charge in [-0.2, -0.15) is 0 Å². The summed E-state index contributed by atoms with van der Waals surface area (Å²) < 4.78 is 0. The Bertz CT molecular complexity index is 392. The summed E-state index contributed by atoms with van der Waals surface area (Å²) in [4.78, 5) is 22.1. The van der Waals surface area contributed by atoms with E-state index >= 15 is 0 Å². The lowest BCUT2D eigenvalue weighted by Crippen LogP contribution is -2.24. The van der Waals surface area contributed by atoms with E-state index in [1.54, 1.807) is 12.1 Å². The van der Waals surface area contributed by atoms with E-state index in [0.717, 1.165) is 4.90 Å². The summed E-state index contributed by atoms with van der Waals surface area (Å²) in [6, 6.07) is 4.76. The third-order valence-electron chi connectivity index (χ3n) is 1.95. The van der Waals surface area contributed by atoms with Crippen LogP contribution in [0.25, 0.3) is 0 Å². The molecule has 0 aliphatic rings. The maximum Gasteiger partial charge on any atom is 0.407 e. The Hall–Kier alpha value is -1.55. The molecule has 0 unspecified atom stereocenters. The summed E-state index contributed by atoms with van der Waals surface area (Å²) in [6.07, 6.45) is -0.332. The van der Waals surface area contributed by atoms with Crippen molar-refractivity contribution in [2.75, 3.05) is 7.05 Å². The standard InChI is InChI=1S/C10H10ClNO3/c1-12(10(14)15)5-8-3-2-7(6-13)4-9(8)11/h2-4,6H,5H2,1H3,(H,14,15). The lowest BCUT2D eigenvalue weighted by Gasteiger charge is -2.13. The minimum absolute atomic E-state index is 0.202. The van der Waals surface area contributed by atoms with Gasteiger partial charge >= 0.3 is 6.09 Å². The minimum atomic E-state index is -1.02. The molecule has 0 atom stereocenters. The van der Waals surface area contributed by atoms with Crippen LogP contribution in [0, 0.1) is 0 Å². The quantitative estimate of drug-likeness (QED) is 0.806. The normalized spacial score (nSPS) is 9.73. The second-order valence-corrected chi connectivity index (χ2v) is 3.51. The maximum atomic E-state index is 10.6. The van der Waals surface area contributed by atoms with Crippen molar-refractivity contribution in [2.45, 2.75) is 6.54 Å². The lowest BCUT2D eigenvalue weighted by molar-refractivity contribution is 0.112. The predicted octanol–water partition coefficient (Wildman–Crippen LogP) is 2.26. The fourth-order valence-electron chi connectivity index (χ4n) is 1.09. The number of carbonyl (C=O) groups excluding carboxylic acids is 1. The van der Waals surface area contributed by atoms with Gasteiger partial charge in [0, 0.05) is 17.6 Å². The van der Waals surface area contributed by atoms with Gasteiger partial charge in [0.15, 0.2) is 0 Å². The van der Waals surface area contributed by atoms with Crippen LogP contribution in [0.3, 0.4) is 0 Å². The topological polar surface area (TPSA) is 57.6 Å². The summed E-state index contributed by atoms with van der Waals surface area (Å²) in [6.45, 7) is 0.202. The van der Waals surface area contributed by atoms with E-state index in [4.69, 9.17) is 16.7 Å². The fraction of sp³-hybridized carbons (Fsp3) is 0.200. The first-order valence-corrected chi connectivity index (χ1v) is 4.60. The highest BCUT2D eigenvalue weighted by atomic mass is 35.5. The molecular formula is C10H10ClNO3. The van der Waals surface area contributed by atoms with Crippen LogP contribution in [-0.2, 0) is 6.54 Å². The molecule has 1 aromatic rings. The number of benzene rings is 1. The highest BCUT2D eigenvalue weighted by Crippen LogP contribution is 2.18. The second-order valence-electron chi connectivity index (χ2n) is 3.11. The van der Waals surface area contributed by atoms with Crippen molar-refractivity contribution < 1.29 is 14.7 Å². The van der Waals surface area contributed by atoms with Gasteiger partial charge in [0.05, 0.1) is 6.54 Å². The van der Waals surface area contributed by atoms with Gasteiger partial charge in [-0.25, -0.2) is 4.79 Å². The molecular weight excluding hydrogens is 218 g/mol. The molecule has 0 saturated carbocycles. The third kappa shape index (κ3) is 2.95. The second kappa shape index (κ2) is 4.79. The molecule has 1 aromatic carbocycles. The van der Waals surface area contributed by atoms with Crippen LogP contribution in [0.1, 0.15) is 15.9 Å². The van der Waals surface area contributed by atoms with Crippen molar-refractivity contribution >= 4 is 24.0 Å². The number of halogens is 1. The molecule has 0 aromatic heterocycles. The van der Waals surface area contributed by atoms with Gasteiger partial charge in [0.25, 0.3) is 0 Å². The number of carbonyl (C=O) groups is 2. The maximum absolute atomic E-state index is 10.6. The lowest BCUT2D eigenvalue weighted by atomic mass is 10.1. The minimum Gasteiger partial charge on any atom is -0.465 e. The number of hydrogen-bond acceptors (Lipinski definition) is 2. The number of amides is 1. The molecule has 0 aliphatic heterocycles. The number of aldehydes is 1. The van der Waals surface area contributed by atoms with E-state index in [1.807, 2.05) is 0 Å². The van der Waals surface area contributed by atoms with Gasteiger partial charge in [-0.05, 0) is 11.6 Å². The molecule has 0 saturated heterocycles. The molecule has 0 aliphatic carbocycles. The van der Waals surface area contributed by atoms with Crippen LogP contribution < -0.4 is 0 Å². The Morgan fingerprint density at radius 1 is 1.60 bits per heavy atom. The van der Waals surface area contributed by atoms with E-state index in [9.17, 15) is 9.59 Å². The Kier molecular flexibility index (Phi) is 3.68. The Morgan fingerprint density at radius 2 is 2.27 bits per heavy atom. The smallest absolute Gasteiger partial charge is 0.407 e. The number of carboxylic acid groups (broad SMARTS) is 1. The first kappa shape index (κ1) is 11.5. The van der Waals surface area contributed by atoms with Gasteiger partial charge in [-0.15, -0.1) is 0 Å². The zero-order valence-electron chi connectivity index (χ0n) is 8.11. The fourth-order valence-corrected chi connectivity index (χ4v) is 1.34. The molecule has 0 fully saturated rings. The van der Waals surface area contributed by atoms with Crippen molar-refractivity contribution in [2.24, 2.45) is 0 Å². The number of hydrogen-bond donors (Lipinski definition) is 1. The molecule has 4 nitrogen and oxygen atoms in total. The Morgan fingerprint density at radius 3 is 2.73 bits per heavy atom. The number of rotatable bonds is 3. The van der Waals surface area contributed by atoms with Crippen LogP contribution in [-0.4, -0.2) is 29.4 Å². The van der Waals surface area contributed by atoms with Gasteiger partial charge in [0.2, 0.25) is 0 Å². The summed E-state index contributed by atoms with van der Waals surface area (Å²) >= 11 is 5.88. The molecule has 0 radical (unpaired) electrons. The monoisotopic (exact) mass is 227 g/mol. The summed E-state index contributed by atoms with van der Waals surface area (Å²) in [7, 11) is 1.45. The summed E-state index contributed by atoms with van der Waals surface area (Å²) in [5, 5.41) is 9.06. The molecule has 1 rings (SSSR count). The average Bonchev–Trinajstić information content (AvgIpc) is 2.20. The molecule has 15 heavy (non-hydrogen) atoms. The van der Waals surface area contributed by atoms with Crippen LogP contribution in [0.5, 0.6) is 0 Å². The zero-order chi connectivity index (χ0) is 11.4. The van der Waals surface area contributed by atoms with E-state index in [1.165, 1.54) is 13.1 Å². The first-order valence-electron chi connectivity index (χ1n) is 4.22. The van der Waals surface area contributed by atoms with Crippen molar-refractivity contribution in [3.8, 4) is 0 Å². The molecule has 1 N–H and O–H groups in total. The summed E-state index contributed by atoms with van der Waals surface area (Å²) in [5.74, 6) is 0. The molecule has 5 heteroatoms. The van der Waals surface area contributed by atoms with E-state index in [2.05, 4.69) is 0 Å².